The van der Waals surface area contributed by atoms with E-state index >= 15 is 0 Å². The number of benzene rings is 2. The molecular formula is C23H27F3N2O4. The summed E-state index contributed by atoms with van der Waals surface area (Å²) in [6.07, 6.45) is -4.26. The van der Waals surface area contributed by atoms with Crippen LogP contribution in [0.3, 0.4) is 0 Å². The van der Waals surface area contributed by atoms with Crippen LogP contribution in [0.15, 0.2) is 47.5 Å². The summed E-state index contributed by atoms with van der Waals surface area (Å²) in [4.78, 5) is 18.2. The number of rotatable bonds is 7. The van der Waals surface area contributed by atoms with Crippen LogP contribution in [0.25, 0.3) is 0 Å². The van der Waals surface area contributed by atoms with E-state index in [0.29, 0.717) is 24.5 Å². The summed E-state index contributed by atoms with van der Waals surface area (Å²) in [6.45, 7) is 3.98. The van der Waals surface area contributed by atoms with Crippen LogP contribution < -0.4 is 9.47 Å². The molecule has 0 heterocycles. The first-order valence-corrected chi connectivity index (χ1v) is 9.94. The van der Waals surface area contributed by atoms with Crippen molar-refractivity contribution in [2.75, 3.05) is 27.8 Å². The minimum Gasteiger partial charge on any atom is -0.493 e. The molecule has 1 amide bonds. The molecule has 0 N–H and O–H groups in total. The van der Waals surface area contributed by atoms with Crippen LogP contribution in [-0.2, 0) is 17.3 Å². The van der Waals surface area contributed by atoms with Crippen molar-refractivity contribution in [1.82, 2.24) is 4.90 Å². The zero-order chi connectivity index (χ0) is 23.9. The van der Waals surface area contributed by atoms with E-state index in [0.717, 1.165) is 17.7 Å². The summed E-state index contributed by atoms with van der Waals surface area (Å²) in [5.41, 5.74) is -0.118. The Labute approximate surface area is 185 Å². The highest BCUT2D eigenvalue weighted by Gasteiger charge is 2.31. The maximum atomic E-state index is 13.0. The largest absolute Gasteiger partial charge is 0.493 e. The third-order valence-electron chi connectivity index (χ3n) is 4.49. The molecule has 0 aromatic heterocycles. The fourth-order valence-corrected chi connectivity index (χ4v) is 2.82. The normalized spacial score (nSPS) is 12.0. The van der Waals surface area contributed by atoms with E-state index in [9.17, 15) is 18.0 Å². The predicted molar refractivity (Wildman–Crippen MR) is 115 cm³/mol. The second-order valence-electron chi connectivity index (χ2n) is 7.31. The van der Waals surface area contributed by atoms with E-state index in [1.54, 1.807) is 46.1 Å². The van der Waals surface area contributed by atoms with Gasteiger partial charge in [-0.25, -0.2) is 0 Å². The SMILES string of the molecule is COc1ccc(CCN(C)C(=NC(=O)c2cccc(C(F)(F)F)c2)OC(C)C)cc1OC. The molecule has 2 aromatic rings. The molecule has 9 heteroatoms. The van der Waals surface area contributed by atoms with Gasteiger partial charge in [-0.15, -0.1) is 0 Å². The van der Waals surface area contributed by atoms with Crippen molar-refractivity contribution in [3.05, 3.63) is 59.2 Å². The third kappa shape index (κ3) is 6.90. The highest BCUT2D eigenvalue weighted by molar-refractivity contribution is 6.01. The molecule has 0 aliphatic carbocycles. The maximum Gasteiger partial charge on any atom is 0.416 e. The quantitative estimate of drug-likeness (QED) is 0.445. The lowest BCUT2D eigenvalue weighted by atomic mass is 10.1. The lowest BCUT2D eigenvalue weighted by molar-refractivity contribution is -0.137. The van der Waals surface area contributed by atoms with Crippen LogP contribution >= 0.6 is 0 Å². The number of carbonyl (C=O) groups excluding carboxylic acids is 1. The molecule has 0 saturated heterocycles. The van der Waals surface area contributed by atoms with E-state index in [1.165, 1.54) is 12.1 Å². The first-order valence-electron chi connectivity index (χ1n) is 9.94. The number of likely N-dealkylation sites (N-methyl/N-ethyl adjacent to an activating group) is 1. The van der Waals surface area contributed by atoms with E-state index in [1.807, 2.05) is 12.1 Å². The van der Waals surface area contributed by atoms with Gasteiger partial charge in [-0.05, 0) is 56.2 Å². The number of halogens is 3. The Balaban J connectivity index is 2.20. The van der Waals surface area contributed by atoms with Gasteiger partial charge in [-0.1, -0.05) is 12.1 Å². The van der Waals surface area contributed by atoms with Crippen molar-refractivity contribution >= 4 is 11.9 Å². The van der Waals surface area contributed by atoms with Gasteiger partial charge in [-0.2, -0.15) is 18.2 Å². The number of hydrogen-bond donors (Lipinski definition) is 0. The predicted octanol–water partition coefficient (Wildman–Crippen LogP) is 4.82. The minimum atomic E-state index is -4.55. The van der Waals surface area contributed by atoms with Crippen molar-refractivity contribution in [3.8, 4) is 11.5 Å². The van der Waals surface area contributed by atoms with Gasteiger partial charge in [-0.3, -0.25) is 4.79 Å². The summed E-state index contributed by atoms with van der Waals surface area (Å²) in [7, 11) is 4.80. The van der Waals surface area contributed by atoms with Crippen LogP contribution in [0.4, 0.5) is 13.2 Å². The number of amides is 1. The Morgan fingerprint density at radius 1 is 1.06 bits per heavy atom. The molecule has 2 aromatic carbocycles. The molecule has 0 atom stereocenters. The molecule has 0 radical (unpaired) electrons. The van der Waals surface area contributed by atoms with Gasteiger partial charge in [0, 0.05) is 19.2 Å². The fourth-order valence-electron chi connectivity index (χ4n) is 2.82. The third-order valence-corrected chi connectivity index (χ3v) is 4.49. The number of amidine groups is 1. The van der Waals surface area contributed by atoms with Crippen molar-refractivity contribution in [2.24, 2.45) is 4.99 Å². The standard InChI is InChI=1S/C23H27F3N2O4/c1-15(2)32-22(27-21(29)17-7-6-8-18(14-17)23(24,25)26)28(3)12-11-16-9-10-19(30-4)20(13-16)31-5/h6-10,13-15H,11-12H2,1-5H3. The number of carbonyl (C=O) groups is 1. The zero-order valence-corrected chi connectivity index (χ0v) is 18.7. The summed E-state index contributed by atoms with van der Waals surface area (Å²) >= 11 is 0. The summed E-state index contributed by atoms with van der Waals surface area (Å²) in [6, 6.07) is 9.72. The first kappa shape index (κ1) is 25.0. The van der Waals surface area contributed by atoms with Crippen LogP contribution in [0, 0.1) is 0 Å². The minimum absolute atomic E-state index is 0.0305. The molecular weight excluding hydrogens is 425 g/mol. The van der Waals surface area contributed by atoms with Crippen LogP contribution in [0.1, 0.15) is 35.3 Å². The van der Waals surface area contributed by atoms with E-state index < -0.39 is 17.6 Å². The number of alkyl halides is 3. The molecule has 0 aliphatic heterocycles. The Kier molecular flexibility index (Phi) is 8.51. The smallest absolute Gasteiger partial charge is 0.416 e. The topological polar surface area (TPSA) is 60.4 Å². The number of nitrogens with zero attached hydrogens (tertiary/aromatic N) is 2. The van der Waals surface area contributed by atoms with Gasteiger partial charge in [0.05, 0.1) is 25.9 Å². The number of methoxy groups -OCH3 is 2. The van der Waals surface area contributed by atoms with Gasteiger partial charge in [0.2, 0.25) is 0 Å². The highest BCUT2D eigenvalue weighted by atomic mass is 19.4. The Hall–Kier alpha value is -3.23. The maximum absolute atomic E-state index is 13.0. The van der Waals surface area contributed by atoms with E-state index in [-0.39, 0.29) is 17.7 Å². The van der Waals surface area contributed by atoms with Crippen LogP contribution in [-0.4, -0.2) is 50.7 Å². The van der Waals surface area contributed by atoms with E-state index in [2.05, 4.69) is 4.99 Å². The number of ether oxygens (including phenoxy) is 3. The molecule has 0 fully saturated rings. The second kappa shape index (κ2) is 10.9. The Morgan fingerprint density at radius 3 is 2.34 bits per heavy atom. The van der Waals surface area contributed by atoms with Crippen molar-refractivity contribution in [3.63, 3.8) is 0 Å². The summed E-state index contributed by atoms with van der Waals surface area (Å²) < 4.78 is 55.1. The summed E-state index contributed by atoms with van der Waals surface area (Å²) in [5.74, 6) is 0.395. The van der Waals surface area contributed by atoms with Gasteiger partial charge >= 0.3 is 6.18 Å². The Bertz CT molecular complexity index is 958. The Morgan fingerprint density at radius 2 is 1.75 bits per heavy atom. The highest BCUT2D eigenvalue weighted by Crippen LogP contribution is 2.30. The van der Waals surface area contributed by atoms with Gasteiger partial charge in [0.15, 0.2) is 11.5 Å². The van der Waals surface area contributed by atoms with Gasteiger partial charge in [0.25, 0.3) is 11.9 Å². The molecule has 6 nitrogen and oxygen atoms in total. The van der Waals surface area contributed by atoms with Crippen molar-refractivity contribution in [1.29, 1.82) is 0 Å². The number of aliphatic imine (C=N–C) groups is 1. The molecule has 0 aliphatic rings. The second-order valence-corrected chi connectivity index (χ2v) is 7.31. The average Bonchev–Trinajstić information content (AvgIpc) is 2.75. The number of hydrogen-bond acceptors (Lipinski definition) is 4. The van der Waals surface area contributed by atoms with Crippen LogP contribution in [0.2, 0.25) is 0 Å². The lowest BCUT2D eigenvalue weighted by Crippen LogP contribution is -2.33. The molecule has 0 saturated carbocycles. The monoisotopic (exact) mass is 452 g/mol. The molecule has 32 heavy (non-hydrogen) atoms. The van der Waals surface area contributed by atoms with Crippen molar-refractivity contribution in [2.45, 2.75) is 32.5 Å². The molecule has 174 valence electrons. The van der Waals surface area contributed by atoms with E-state index in [4.69, 9.17) is 14.2 Å². The lowest BCUT2D eigenvalue weighted by Gasteiger charge is -2.23. The first-order chi connectivity index (χ1) is 15.0. The van der Waals surface area contributed by atoms with Crippen LogP contribution in [0.5, 0.6) is 11.5 Å². The van der Waals surface area contributed by atoms with Gasteiger partial charge < -0.3 is 19.1 Å². The fraction of sp³-hybridized carbons (Fsp3) is 0.391. The summed E-state index contributed by atoms with van der Waals surface area (Å²) in [5, 5.41) is 0. The molecule has 0 unspecified atom stereocenters. The molecule has 0 bridgehead atoms. The zero-order valence-electron chi connectivity index (χ0n) is 18.7. The average molecular weight is 452 g/mol. The van der Waals surface area contributed by atoms with Gasteiger partial charge in [0.1, 0.15) is 0 Å². The molecule has 0 spiro atoms. The molecule has 2 rings (SSSR count). The van der Waals surface area contributed by atoms with Crippen molar-refractivity contribution < 1.29 is 32.2 Å².